The third kappa shape index (κ3) is 4.47. The summed E-state index contributed by atoms with van der Waals surface area (Å²) in [5.74, 6) is 0.0664. The Balaban J connectivity index is 1.57. The standard InChI is InChI=1S/C20H27N3OS/c1-23(2)20(11-7-4-8-12-20)15-21-18(24)13-17-14-25-19(22-17)16-9-5-3-6-10-16/h3,5-6,9-10,14H,4,7-8,11-13,15H2,1-2H3,(H,21,24). The van der Waals surface area contributed by atoms with Crippen molar-refractivity contribution in [2.75, 3.05) is 20.6 Å². The molecule has 1 fully saturated rings. The molecule has 0 aliphatic heterocycles. The van der Waals surface area contributed by atoms with Crippen LogP contribution >= 0.6 is 11.3 Å². The van der Waals surface area contributed by atoms with Crippen LogP contribution in [0, 0.1) is 0 Å². The van der Waals surface area contributed by atoms with Gasteiger partial charge in [-0.2, -0.15) is 0 Å². The summed E-state index contributed by atoms with van der Waals surface area (Å²) < 4.78 is 0. The molecular weight excluding hydrogens is 330 g/mol. The lowest BCUT2D eigenvalue weighted by atomic mass is 9.80. The van der Waals surface area contributed by atoms with Crippen LogP contribution in [0.3, 0.4) is 0 Å². The van der Waals surface area contributed by atoms with Crippen molar-refractivity contribution < 1.29 is 4.79 Å². The van der Waals surface area contributed by atoms with Crippen LogP contribution in [0.1, 0.15) is 37.8 Å². The summed E-state index contributed by atoms with van der Waals surface area (Å²) in [6.45, 7) is 0.731. The zero-order chi connectivity index (χ0) is 17.7. The number of benzene rings is 1. The molecule has 0 saturated heterocycles. The lowest BCUT2D eigenvalue weighted by molar-refractivity contribution is -0.121. The van der Waals surface area contributed by atoms with E-state index in [4.69, 9.17) is 0 Å². The summed E-state index contributed by atoms with van der Waals surface area (Å²) in [5, 5.41) is 6.12. The molecule has 3 rings (SSSR count). The number of carbonyl (C=O) groups excluding carboxylic acids is 1. The van der Waals surface area contributed by atoms with Gasteiger partial charge in [0.2, 0.25) is 5.91 Å². The lowest BCUT2D eigenvalue weighted by Crippen LogP contribution is -2.54. The van der Waals surface area contributed by atoms with Gasteiger partial charge in [-0.05, 0) is 26.9 Å². The summed E-state index contributed by atoms with van der Waals surface area (Å²) in [7, 11) is 4.26. The first-order chi connectivity index (χ1) is 12.1. The number of aromatic nitrogens is 1. The minimum Gasteiger partial charge on any atom is -0.354 e. The fourth-order valence-electron chi connectivity index (χ4n) is 3.58. The van der Waals surface area contributed by atoms with Crippen LogP contribution in [0.15, 0.2) is 35.7 Å². The predicted molar refractivity (Wildman–Crippen MR) is 104 cm³/mol. The van der Waals surface area contributed by atoms with E-state index in [2.05, 4.69) is 29.3 Å². The molecule has 0 atom stereocenters. The highest BCUT2D eigenvalue weighted by atomic mass is 32.1. The van der Waals surface area contributed by atoms with E-state index in [1.54, 1.807) is 11.3 Å². The Hall–Kier alpha value is -1.72. The second-order valence-electron chi connectivity index (χ2n) is 7.14. The first kappa shape index (κ1) is 18.1. The smallest absolute Gasteiger partial charge is 0.226 e. The summed E-state index contributed by atoms with van der Waals surface area (Å²) in [5.41, 5.74) is 2.07. The van der Waals surface area contributed by atoms with Gasteiger partial charge in [-0.15, -0.1) is 11.3 Å². The van der Waals surface area contributed by atoms with Crippen LogP contribution in [0.25, 0.3) is 10.6 Å². The molecule has 0 spiro atoms. The van der Waals surface area contributed by atoms with E-state index < -0.39 is 0 Å². The van der Waals surface area contributed by atoms with E-state index in [1.807, 2.05) is 35.7 Å². The number of carbonyl (C=O) groups is 1. The third-order valence-electron chi connectivity index (χ3n) is 5.26. The average Bonchev–Trinajstić information content (AvgIpc) is 3.10. The number of nitrogens with zero attached hydrogens (tertiary/aromatic N) is 2. The number of nitrogens with one attached hydrogen (secondary N) is 1. The molecule has 1 N–H and O–H groups in total. The van der Waals surface area contributed by atoms with E-state index in [1.165, 1.54) is 19.3 Å². The highest BCUT2D eigenvalue weighted by molar-refractivity contribution is 7.13. The zero-order valence-electron chi connectivity index (χ0n) is 15.1. The monoisotopic (exact) mass is 357 g/mol. The van der Waals surface area contributed by atoms with Gasteiger partial charge in [-0.1, -0.05) is 49.6 Å². The van der Waals surface area contributed by atoms with Crippen molar-refractivity contribution in [3.63, 3.8) is 0 Å². The van der Waals surface area contributed by atoms with Gasteiger partial charge < -0.3 is 10.2 Å². The van der Waals surface area contributed by atoms with Crippen LogP contribution in [-0.2, 0) is 11.2 Å². The normalized spacial score (nSPS) is 16.8. The van der Waals surface area contributed by atoms with Crippen LogP contribution < -0.4 is 5.32 Å². The maximum absolute atomic E-state index is 12.4. The van der Waals surface area contributed by atoms with Gasteiger partial charge in [0.1, 0.15) is 5.01 Å². The summed E-state index contributed by atoms with van der Waals surface area (Å²) in [6.07, 6.45) is 6.49. The molecule has 1 aliphatic carbocycles. The van der Waals surface area contributed by atoms with E-state index in [0.717, 1.165) is 35.7 Å². The van der Waals surface area contributed by atoms with Gasteiger partial charge in [0.15, 0.2) is 0 Å². The Bertz CT molecular complexity index is 690. The van der Waals surface area contributed by atoms with Crippen molar-refractivity contribution >= 4 is 17.2 Å². The molecule has 1 aliphatic rings. The summed E-state index contributed by atoms with van der Waals surface area (Å²) in [4.78, 5) is 19.3. The van der Waals surface area contributed by atoms with Gasteiger partial charge in [0.25, 0.3) is 0 Å². The Morgan fingerprint density at radius 3 is 2.60 bits per heavy atom. The molecule has 1 aromatic carbocycles. The fourth-order valence-corrected chi connectivity index (χ4v) is 4.41. The van der Waals surface area contributed by atoms with E-state index in [-0.39, 0.29) is 11.4 Å². The Morgan fingerprint density at radius 1 is 1.20 bits per heavy atom. The Morgan fingerprint density at radius 2 is 1.92 bits per heavy atom. The third-order valence-corrected chi connectivity index (χ3v) is 6.20. The van der Waals surface area contributed by atoms with Crippen molar-refractivity contribution in [1.29, 1.82) is 0 Å². The number of thiazole rings is 1. The molecule has 0 unspecified atom stereocenters. The van der Waals surface area contributed by atoms with Crippen LogP contribution in [0.2, 0.25) is 0 Å². The highest BCUT2D eigenvalue weighted by Crippen LogP contribution is 2.31. The van der Waals surface area contributed by atoms with E-state index in [0.29, 0.717) is 6.42 Å². The first-order valence-corrected chi connectivity index (χ1v) is 9.91. The van der Waals surface area contributed by atoms with Crippen LogP contribution in [0.4, 0.5) is 0 Å². The number of likely N-dealkylation sites (N-methyl/N-ethyl adjacent to an activating group) is 1. The molecule has 1 aromatic heterocycles. The minimum atomic E-state index is 0.0664. The van der Waals surface area contributed by atoms with Crippen molar-refractivity contribution in [3.8, 4) is 10.6 Å². The van der Waals surface area contributed by atoms with E-state index in [9.17, 15) is 4.79 Å². The Labute approximate surface area is 154 Å². The second kappa shape index (κ2) is 8.11. The van der Waals surface area contributed by atoms with Gasteiger partial charge >= 0.3 is 0 Å². The van der Waals surface area contributed by atoms with Gasteiger partial charge in [-0.25, -0.2) is 4.98 Å². The molecule has 2 aromatic rings. The quantitative estimate of drug-likeness (QED) is 0.857. The van der Waals surface area contributed by atoms with Gasteiger partial charge in [0, 0.05) is 23.0 Å². The largest absolute Gasteiger partial charge is 0.354 e. The molecule has 5 heteroatoms. The topological polar surface area (TPSA) is 45.2 Å². The van der Waals surface area contributed by atoms with Crippen molar-refractivity contribution in [2.45, 2.75) is 44.1 Å². The average molecular weight is 358 g/mol. The molecule has 134 valence electrons. The second-order valence-corrected chi connectivity index (χ2v) is 8.00. The highest BCUT2D eigenvalue weighted by Gasteiger charge is 2.34. The van der Waals surface area contributed by atoms with Crippen LogP contribution in [-0.4, -0.2) is 42.0 Å². The number of hydrogen-bond donors (Lipinski definition) is 1. The van der Waals surface area contributed by atoms with Crippen molar-refractivity contribution in [3.05, 3.63) is 41.4 Å². The van der Waals surface area contributed by atoms with Gasteiger partial charge in [-0.3, -0.25) is 4.79 Å². The summed E-state index contributed by atoms with van der Waals surface area (Å²) >= 11 is 1.60. The SMILES string of the molecule is CN(C)C1(CNC(=O)Cc2csc(-c3ccccc3)n2)CCCCC1. The molecule has 1 heterocycles. The molecule has 25 heavy (non-hydrogen) atoms. The van der Waals surface area contributed by atoms with Crippen molar-refractivity contribution in [1.82, 2.24) is 15.2 Å². The molecule has 1 amide bonds. The Kier molecular flexibility index (Phi) is 5.86. The fraction of sp³-hybridized carbons (Fsp3) is 0.500. The van der Waals surface area contributed by atoms with Crippen LogP contribution in [0.5, 0.6) is 0 Å². The molecule has 1 saturated carbocycles. The zero-order valence-corrected chi connectivity index (χ0v) is 15.9. The lowest BCUT2D eigenvalue weighted by Gasteiger charge is -2.43. The maximum Gasteiger partial charge on any atom is 0.226 e. The van der Waals surface area contributed by atoms with Gasteiger partial charge in [0.05, 0.1) is 12.1 Å². The number of rotatable bonds is 6. The molecule has 4 nitrogen and oxygen atoms in total. The van der Waals surface area contributed by atoms with E-state index >= 15 is 0 Å². The number of amides is 1. The maximum atomic E-state index is 12.4. The molecular formula is C20H27N3OS. The molecule has 0 radical (unpaired) electrons. The molecule has 0 bridgehead atoms. The predicted octanol–water partition coefficient (Wildman–Crippen LogP) is 3.73. The van der Waals surface area contributed by atoms with Crippen molar-refractivity contribution in [2.24, 2.45) is 0 Å². The number of hydrogen-bond acceptors (Lipinski definition) is 4. The summed E-state index contributed by atoms with van der Waals surface area (Å²) in [6, 6.07) is 10.1. The first-order valence-electron chi connectivity index (χ1n) is 9.03. The minimum absolute atomic E-state index is 0.0664.